The lowest BCUT2D eigenvalue weighted by Gasteiger charge is -2.11. The summed E-state index contributed by atoms with van der Waals surface area (Å²) in [6.07, 6.45) is 2.90. The predicted molar refractivity (Wildman–Crippen MR) is 110 cm³/mol. The van der Waals surface area contributed by atoms with Crippen LogP contribution in [0.2, 0.25) is 0 Å². The molecule has 1 aromatic heterocycles. The smallest absolute Gasteiger partial charge is 0.191 e. The van der Waals surface area contributed by atoms with Gasteiger partial charge in [-0.1, -0.05) is 29.3 Å². The van der Waals surface area contributed by atoms with Gasteiger partial charge < -0.3 is 10.6 Å². The minimum atomic E-state index is 0. The number of hydrogen-bond donors (Lipinski definition) is 2. The fourth-order valence-electron chi connectivity index (χ4n) is 2.42. The standard InChI is InChI=1S/C17H24N4S.HI/c1-12-7-13(2)9-15(8-12)5-6-19-17(18-4)21-11-16-10-20-14(3)22-16;/h7-10H,5-6,11H2,1-4H3,(H2,18,19,21);1H. The number of halogens is 1. The van der Waals surface area contributed by atoms with Crippen molar-refractivity contribution in [1.82, 2.24) is 15.6 Å². The molecule has 0 aliphatic heterocycles. The van der Waals surface area contributed by atoms with Crippen LogP contribution >= 0.6 is 35.3 Å². The number of aryl methyl sites for hydroxylation is 3. The van der Waals surface area contributed by atoms with Crippen molar-refractivity contribution in [2.45, 2.75) is 33.7 Å². The van der Waals surface area contributed by atoms with Crippen LogP contribution in [0.25, 0.3) is 0 Å². The maximum atomic E-state index is 4.26. The molecule has 1 heterocycles. The number of aliphatic imine (C=N–C) groups is 1. The average Bonchev–Trinajstić information content (AvgIpc) is 2.87. The van der Waals surface area contributed by atoms with Crippen LogP contribution in [0.4, 0.5) is 0 Å². The number of nitrogens with zero attached hydrogens (tertiary/aromatic N) is 2. The molecule has 0 unspecified atom stereocenters. The van der Waals surface area contributed by atoms with E-state index in [2.05, 4.69) is 52.7 Å². The first-order valence-corrected chi connectivity index (χ1v) is 8.31. The first-order valence-electron chi connectivity index (χ1n) is 7.50. The van der Waals surface area contributed by atoms with Gasteiger partial charge in [0.05, 0.1) is 11.6 Å². The Hall–Kier alpha value is -1.15. The number of aromatic nitrogens is 1. The summed E-state index contributed by atoms with van der Waals surface area (Å²) < 4.78 is 0. The summed E-state index contributed by atoms with van der Waals surface area (Å²) in [7, 11) is 1.80. The molecule has 2 rings (SSSR count). The number of rotatable bonds is 5. The summed E-state index contributed by atoms with van der Waals surface area (Å²) in [6, 6.07) is 6.68. The Balaban J connectivity index is 0.00000264. The Morgan fingerprint density at radius 1 is 1.13 bits per heavy atom. The molecule has 2 aromatic rings. The highest BCUT2D eigenvalue weighted by Crippen LogP contribution is 2.11. The lowest BCUT2D eigenvalue weighted by molar-refractivity contribution is 0.798. The van der Waals surface area contributed by atoms with Gasteiger partial charge in [-0.25, -0.2) is 4.98 Å². The molecule has 0 aliphatic carbocycles. The summed E-state index contributed by atoms with van der Waals surface area (Å²) in [5.41, 5.74) is 4.00. The highest BCUT2D eigenvalue weighted by Gasteiger charge is 2.02. The molecule has 0 bridgehead atoms. The van der Waals surface area contributed by atoms with Crippen molar-refractivity contribution in [2.75, 3.05) is 13.6 Å². The fourth-order valence-corrected chi connectivity index (χ4v) is 3.15. The molecule has 1 aromatic carbocycles. The second kappa shape index (κ2) is 9.87. The van der Waals surface area contributed by atoms with Gasteiger partial charge in [-0.05, 0) is 32.8 Å². The van der Waals surface area contributed by atoms with Crippen LogP contribution in [0, 0.1) is 20.8 Å². The second-order valence-electron chi connectivity index (χ2n) is 5.44. The Labute approximate surface area is 159 Å². The Morgan fingerprint density at radius 3 is 2.39 bits per heavy atom. The minimum absolute atomic E-state index is 0. The topological polar surface area (TPSA) is 49.3 Å². The van der Waals surface area contributed by atoms with Gasteiger partial charge in [-0.2, -0.15) is 0 Å². The summed E-state index contributed by atoms with van der Waals surface area (Å²) in [4.78, 5) is 9.73. The summed E-state index contributed by atoms with van der Waals surface area (Å²) >= 11 is 1.71. The molecule has 0 fully saturated rings. The Morgan fingerprint density at radius 2 is 1.83 bits per heavy atom. The van der Waals surface area contributed by atoms with Gasteiger partial charge in [0.15, 0.2) is 5.96 Å². The van der Waals surface area contributed by atoms with Crippen LogP contribution in [0.1, 0.15) is 26.6 Å². The third kappa shape index (κ3) is 6.87. The van der Waals surface area contributed by atoms with Crippen LogP contribution in [0.5, 0.6) is 0 Å². The van der Waals surface area contributed by atoms with Crippen LogP contribution in [0.15, 0.2) is 29.4 Å². The van der Waals surface area contributed by atoms with E-state index >= 15 is 0 Å². The molecule has 0 radical (unpaired) electrons. The molecule has 23 heavy (non-hydrogen) atoms. The third-order valence-electron chi connectivity index (χ3n) is 3.31. The van der Waals surface area contributed by atoms with E-state index in [1.807, 2.05) is 13.1 Å². The lowest BCUT2D eigenvalue weighted by atomic mass is 10.1. The van der Waals surface area contributed by atoms with E-state index in [4.69, 9.17) is 0 Å². The SMILES string of the molecule is CN=C(NCCc1cc(C)cc(C)c1)NCc1cnc(C)s1.I. The first-order chi connectivity index (χ1) is 10.6. The molecule has 6 heteroatoms. The highest BCUT2D eigenvalue weighted by atomic mass is 127. The van der Waals surface area contributed by atoms with Crippen LogP contribution in [-0.2, 0) is 13.0 Å². The van der Waals surface area contributed by atoms with Gasteiger partial charge in [0.25, 0.3) is 0 Å². The molecule has 2 N–H and O–H groups in total. The van der Waals surface area contributed by atoms with Crippen molar-refractivity contribution in [3.05, 3.63) is 51.0 Å². The zero-order valence-corrected chi connectivity index (χ0v) is 17.3. The zero-order chi connectivity index (χ0) is 15.9. The molecule has 0 aliphatic rings. The maximum Gasteiger partial charge on any atom is 0.191 e. The number of thiazole rings is 1. The number of nitrogens with one attached hydrogen (secondary N) is 2. The van der Waals surface area contributed by atoms with Crippen molar-refractivity contribution in [1.29, 1.82) is 0 Å². The van der Waals surface area contributed by atoms with E-state index in [0.717, 1.165) is 30.5 Å². The second-order valence-corrected chi connectivity index (χ2v) is 6.76. The van der Waals surface area contributed by atoms with Crippen molar-refractivity contribution < 1.29 is 0 Å². The molecular formula is C17H25IN4S. The van der Waals surface area contributed by atoms with Crippen molar-refractivity contribution in [2.24, 2.45) is 4.99 Å². The van der Waals surface area contributed by atoms with E-state index in [-0.39, 0.29) is 24.0 Å². The molecular weight excluding hydrogens is 419 g/mol. The highest BCUT2D eigenvalue weighted by molar-refractivity contribution is 14.0. The molecule has 4 nitrogen and oxygen atoms in total. The van der Waals surface area contributed by atoms with Crippen molar-refractivity contribution >= 4 is 41.3 Å². The van der Waals surface area contributed by atoms with Gasteiger partial charge in [-0.15, -0.1) is 35.3 Å². The van der Waals surface area contributed by atoms with E-state index in [0.29, 0.717) is 0 Å². The predicted octanol–water partition coefficient (Wildman–Crippen LogP) is 3.59. The van der Waals surface area contributed by atoms with E-state index < -0.39 is 0 Å². The van der Waals surface area contributed by atoms with Crippen LogP contribution < -0.4 is 10.6 Å². The summed E-state index contributed by atoms with van der Waals surface area (Å²) in [5.74, 6) is 0.829. The normalized spacial score (nSPS) is 11.0. The Bertz CT molecular complexity index is 632. The molecule has 0 amide bonds. The largest absolute Gasteiger partial charge is 0.356 e. The molecule has 0 atom stereocenters. The van der Waals surface area contributed by atoms with E-state index in [1.54, 1.807) is 18.4 Å². The third-order valence-corrected chi connectivity index (χ3v) is 4.22. The van der Waals surface area contributed by atoms with Gasteiger partial charge in [0.2, 0.25) is 0 Å². The minimum Gasteiger partial charge on any atom is -0.356 e. The van der Waals surface area contributed by atoms with Gasteiger partial charge >= 0.3 is 0 Å². The number of benzene rings is 1. The summed E-state index contributed by atoms with van der Waals surface area (Å²) in [5, 5.41) is 7.77. The monoisotopic (exact) mass is 444 g/mol. The Kier molecular flexibility index (Phi) is 8.54. The first kappa shape index (κ1) is 19.9. The van der Waals surface area contributed by atoms with Crippen molar-refractivity contribution in [3.8, 4) is 0 Å². The van der Waals surface area contributed by atoms with E-state index in [1.165, 1.54) is 21.6 Å². The molecule has 0 saturated carbocycles. The van der Waals surface area contributed by atoms with Gasteiger partial charge in [0, 0.05) is 24.7 Å². The molecule has 126 valence electrons. The average molecular weight is 444 g/mol. The van der Waals surface area contributed by atoms with Gasteiger partial charge in [0.1, 0.15) is 0 Å². The van der Waals surface area contributed by atoms with Crippen LogP contribution in [0.3, 0.4) is 0 Å². The maximum absolute atomic E-state index is 4.26. The molecule has 0 spiro atoms. The molecule has 0 saturated heterocycles. The summed E-state index contributed by atoms with van der Waals surface area (Å²) in [6.45, 7) is 7.92. The zero-order valence-electron chi connectivity index (χ0n) is 14.1. The lowest BCUT2D eigenvalue weighted by Crippen LogP contribution is -2.37. The quantitative estimate of drug-likeness (QED) is 0.421. The number of hydrogen-bond acceptors (Lipinski definition) is 3. The van der Waals surface area contributed by atoms with Crippen molar-refractivity contribution in [3.63, 3.8) is 0 Å². The number of guanidine groups is 1. The fraction of sp³-hybridized carbons (Fsp3) is 0.412. The van der Waals surface area contributed by atoms with Gasteiger partial charge in [-0.3, -0.25) is 4.99 Å². The van der Waals surface area contributed by atoms with Crippen LogP contribution in [-0.4, -0.2) is 24.5 Å². The van der Waals surface area contributed by atoms with E-state index in [9.17, 15) is 0 Å².